The molecule has 0 aliphatic carbocycles. The zero-order valence-electron chi connectivity index (χ0n) is 21.3. The number of nitrogens with one attached hydrogen (secondary N) is 2. The van der Waals surface area contributed by atoms with Gasteiger partial charge in [0.25, 0.3) is 0 Å². The van der Waals surface area contributed by atoms with Crippen LogP contribution < -0.4 is 16.4 Å². The van der Waals surface area contributed by atoms with Gasteiger partial charge >= 0.3 is 5.97 Å². The number of benzene rings is 2. The number of carbonyl (C=O) groups is 2. The molecule has 38 heavy (non-hydrogen) atoms. The summed E-state index contributed by atoms with van der Waals surface area (Å²) in [6.45, 7) is 4.54. The fraction of sp³-hybridized carbons (Fsp3) is 0.370. The van der Waals surface area contributed by atoms with Gasteiger partial charge in [-0.15, -0.1) is 11.8 Å². The van der Waals surface area contributed by atoms with E-state index in [-0.39, 0.29) is 30.4 Å². The summed E-state index contributed by atoms with van der Waals surface area (Å²) in [6.07, 6.45) is 0.249. The van der Waals surface area contributed by atoms with Crippen molar-refractivity contribution in [2.24, 2.45) is 5.73 Å². The van der Waals surface area contributed by atoms with Crippen LogP contribution in [0.4, 0.5) is 14.6 Å². The Hall–Kier alpha value is -3.28. The first-order chi connectivity index (χ1) is 18.2. The van der Waals surface area contributed by atoms with Crippen LogP contribution in [0, 0.1) is 18.6 Å². The van der Waals surface area contributed by atoms with Gasteiger partial charge in [-0.05, 0) is 48.6 Å². The van der Waals surface area contributed by atoms with E-state index in [1.54, 1.807) is 13.0 Å². The Labute approximate surface area is 224 Å². The van der Waals surface area contributed by atoms with Crippen LogP contribution in [0.25, 0.3) is 0 Å². The third kappa shape index (κ3) is 9.88. The van der Waals surface area contributed by atoms with Crippen LogP contribution in [0.3, 0.4) is 0 Å². The van der Waals surface area contributed by atoms with Crippen LogP contribution in [0.15, 0.2) is 53.1 Å². The maximum Gasteiger partial charge on any atom is 0.316 e. The fourth-order valence-corrected chi connectivity index (χ4v) is 4.36. The maximum atomic E-state index is 13.7. The van der Waals surface area contributed by atoms with Crippen LogP contribution in [-0.4, -0.2) is 47.2 Å². The molecule has 0 aliphatic heterocycles. The predicted octanol–water partition coefficient (Wildman–Crippen LogP) is 3.77. The molecule has 0 saturated carbocycles. The van der Waals surface area contributed by atoms with Crippen LogP contribution in [-0.2, 0) is 33.7 Å². The van der Waals surface area contributed by atoms with E-state index < -0.39 is 29.7 Å². The monoisotopic (exact) mass is 546 g/mol. The van der Waals surface area contributed by atoms with Crippen molar-refractivity contribution in [2.45, 2.75) is 45.4 Å². The molecule has 0 fully saturated rings. The summed E-state index contributed by atoms with van der Waals surface area (Å²) in [5, 5.41) is 9.52. The van der Waals surface area contributed by atoms with Gasteiger partial charge in [0.2, 0.25) is 5.91 Å². The van der Waals surface area contributed by atoms with Gasteiger partial charge in [-0.2, -0.15) is 0 Å². The summed E-state index contributed by atoms with van der Waals surface area (Å²) in [4.78, 5) is 24.6. The van der Waals surface area contributed by atoms with Gasteiger partial charge in [-0.25, -0.2) is 8.78 Å². The number of anilines is 1. The lowest BCUT2D eigenvalue weighted by Crippen LogP contribution is -2.46. The van der Waals surface area contributed by atoms with Crippen molar-refractivity contribution in [3.8, 4) is 0 Å². The minimum absolute atomic E-state index is 0.00627. The number of amides is 1. The highest BCUT2D eigenvalue weighted by atomic mass is 32.2. The van der Waals surface area contributed by atoms with Crippen LogP contribution in [0.5, 0.6) is 0 Å². The molecule has 0 radical (unpaired) electrons. The van der Waals surface area contributed by atoms with Crippen molar-refractivity contribution in [1.82, 2.24) is 10.5 Å². The van der Waals surface area contributed by atoms with Crippen molar-refractivity contribution in [1.29, 1.82) is 0 Å². The predicted molar refractivity (Wildman–Crippen MR) is 143 cm³/mol. The van der Waals surface area contributed by atoms with Gasteiger partial charge in [0.15, 0.2) is 5.82 Å². The van der Waals surface area contributed by atoms with E-state index in [9.17, 15) is 18.4 Å². The molecule has 3 aromatic rings. The SMILES string of the molecule is CCc1cccc(CNC[C@@H](OC(=O)CSCC(=O)Nc2cc(C)on2)[C@@H](N)Cc2cc(F)cc(F)c2)c1. The molecule has 204 valence electrons. The standard InChI is InChI=1S/C27H32F2N4O4S/c1-3-18-5-4-6-19(8-18)13-31-14-24(23(30)11-20-9-21(28)12-22(29)10-20)36-27(35)16-38-15-26(34)32-25-7-17(2)37-33-25/h4-10,12,23-24,31H,3,11,13-16,30H2,1-2H3,(H,32,33,34)/t23-,24+/m0/s1. The van der Waals surface area contributed by atoms with Crippen LogP contribution in [0.1, 0.15) is 29.4 Å². The lowest BCUT2D eigenvalue weighted by molar-refractivity contribution is -0.146. The third-order valence-electron chi connectivity index (χ3n) is 5.58. The Balaban J connectivity index is 1.55. The molecular weight excluding hydrogens is 514 g/mol. The number of aromatic nitrogens is 1. The smallest absolute Gasteiger partial charge is 0.316 e. The summed E-state index contributed by atoms with van der Waals surface area (Å²) in [6, 6.07) is 12.2. The summed E-state index contributed by atoms with van der Waals surface area (Å²) in [5.41, 5.74) is 8.98. The van der Waals surface area contributed by atoms with E-state index in [4.69, 9.17) is 15.0 Å². The van der Waals surface area contributed by atoms with Gasteiger partial charge in [-0.3, -0.25) is 9.59 Å². The minimum atomic E-state index is -0.768. The third-order valence-corrected chi connectivity index (χ3v) is 6.48. The highest BCUT2D eigenvalue weighted by Crippen LogP contribution is 2.14. The molecule has 3 rings (SSSR count). The quantitative estimate of drug-likeness (QED) is 0.262. The second-order valence-electron chi connectivity index (χ2n) is 8.84. The zero-order valence-corrected chi connectivity index (χ0v) is 22.2. The van der Waals surface area contributed by atoms with E-state index in [1.165, 1.54) is 17.7 Å². The van der Waals surface area contributed by atoms with Crippen molar-refractivity contribution in [3.63, 3.8) is 0 Å². The molecule has 0 saturated heterocycles. The molecule has 11 heteroatoms. The molecule has 8 nitrogen and oxygen atoms in total. The molecule has 1 aromatic heterocycles. The molecule has 2 aromatic carbocycles. The maximum absolute atomic E-state index is 13.7. The molecule has 4 N–H and O–H groups in total. The lowest BCUT2D eigenvalue weighted by Gasteiger charge is -2.25. The average Bonchev–Trinajstić information content (AvgIpc) is 3.27. The number of hydrogen-bond acceptors (Lipinski definition) is 8. The van der Waals surface area contributed by atoms with E-state index in [2.05, 4.69) is 28.8 Å². The van der Waals surface area contributed by atoms with Gasteiger partial charge in [0.1, 0.15) is 23.5 Å². The first-order valence-electron chi connectivity index (χ1n) is 12.2. The molecule has 0 bridgehead atoms. The number of ether oxygens (including phenoxy) is 1. The van der Waals surface area contributed by atoms with Gasteiger partial charge in [-0.1, -0.05) is 36.3 Å². The van der Waals surface area contributed by atoms with Gasteiger partial charge in [0, 0.05) is 31.3 Å². The van der Waals surface area contributed by atoms with Crippen molar-refractivity contribution in [2.75, 3.05) is 23.4 Å². The van der Waals surface area contributed by atoms with Crippen molar-refractivity contribution < 1.29 is 27.6 Å². The van der Waals surface area contributed by atoms with Crippen LogP contribution in [0.2, 0.25) is 0 Å². The van der Waals surface area contributed by atoms with Gasteiger partial charge in [0.05, 0.1) is 11.5 Å². The number of halogens is 2. The summed E-state index contributed by atoms with van der Waals surface area (Å²) >= 11 is 1.08. The van der Waals surface area contributed by atoms with Crippen molar-refractivity contribution in [3.05, 3.63) is 82.6 Å². The second kappa shape index (κ2) is 14.6. The lowest BCUT2D eigenvalue weighted by atomic mass is 10.0. The summed E-state index contributed by atoms with van der Waals surface area (Å²) in [5.74, 6) is -1.52. The number of hydrogen-bond donors (Lipinski definition) is 3. The molecule has 1 heterocycles. The largest absolute Gasteiger partial charge is 0.459 e. The number of aryl methyl sites for hydroxylation is 2. The minimum Gasteiger partial charge on any atom is -0.459 e. The Morgan fingerprint density at radius 1 is 1.08 bits per heavy atom. The number of nitrogens with two attached hydrogens (primary N) is 1. The molecule has 2 atom stereocenters. The normalized spacial score (nSPS) is 12.7. The average molecular weight is 547 g/mol. The van der Waals surface area contributed by atoms with Crippen LogP contribution >= 0.6 is 11.8 Å². The topological polar surface area (TPSA) is 119 Å². The summed E-state index contributed by atoms with van der Waals surface area (Å²) in [7, 11) is 0. The molecular formula is C27H32F2N4O4S. The number of rotatable bonds is 14. The Bertz CT molecular complexity index is 1200. The van der Waals surface area contributed by atoms with Crippen molar-refractivity contribution >= 4 is 29.5 Å². The number of thioether (sulfide) groups is 1. The van der Waals surface area contributed by atoms with E-state index in [1.807, 2.05) is 18.2 Å². The molecule has 1 amide bonds. The van der Waals surface area contributed by atoms with E-state index in [0.717, 1.165) is 29.8 Å². The highest BCUT2D eigenvalue weighted by Gasteiger charge is 2.23. The first-order valence-corrected chi connectivity index (χ1v) is 13.4. The second-order valence-corrected chi connectivity index (χ2v) is 9.83. The molecule has 0 spiro atoms. The molecule has 0 aliphatic rings. The molecule has 0 unspecified atom stereocenters. The van der Waals surface area contributed by atoms with E-state index in [0.29, 0.717) is 23.7 Å². The Morgan fingerprint density at radius 2 is 1.82 bits per heavy atom. The zero-order chi connectivity index (χ0) is 27.5. The number of esters is 1. The van der Waals surface area contributed by atoms with E-state index >= 15 is 0 Å². The Kier molecular flexibility index (Phi) is 11.3. The number of nitrogens with zero attached hydrogens (tertiary/aromatic N) is 1. The first kappa shape index (κ1) is 29.3. The fourth-order valence-electron chi connectivity index (χ4n) is 3.77. The van der Waals surface area contributed by atoms with Gasteiger partial charge < -0.3 is 25.6 Å². The Morgan fingerprint density at radius 3 is 2.50 bits per heavy atom. The summed E-state index contributed by atoms with van der Waals surface area (Å²) < 4.78 is 37.9. The number of carbonyl (C=O) groups excluding carboxylic acids is 2. The highest BCUT2D eigenvalue weighted by molar-refractivity contribution is 8.00.